The molecule has 2 aliphatic rings. The maximum atomic E-state index is 12.1. The fourth-order valence-electron chi connectivity index (χ4n) is 3.14. The van der Waals surface area contributed by atoms with E-state index in [1.54, 1.807) is 0 Å². The van der Waals surface area contributed by atoms with Crippen LogP contribution in [0, 0.1) is 0 Å². The molecule has 2 aromatic carbocycles. The molecule has 1 amide bonds. The van der Waals surface area contributed by atoms with Gasteiger partial charge in [-0.3, -0.25) is 9.79 Å². The lowest BCUT2D eigenvalue weighted by Crippen LogP contribution is -2.13. The molecule has 5 rings (SSSR count). The maximum absolute atomic E-state index is 12.1. The van der Waals surface area contributed by atoms with Crippen molar-refractivity contribution in [3.8, 4) is 11.5 Å². The first-order valence-corrected chi connectivity index (χ1v) is 7.65. The summed E-state index contributed by atoms with van der Waals surface area (Å²) in [6, 6.07) is 13.6. The summed E-state index contributed by atoms with van der Waals surface area (Å²) in [5.41, 5.74) is 4.14. The second kappa shape index (κ2) is 4.86. The van der Waals surface area contributed by atoms with Gasteiger partial charge in [-0.25, -0.2) is 0 Å². The minimum absolute atomic E-state index is 0.0840. The summed E-state index contributed by atoms with van der Waals surface area (Å²) in [5, 5.41) is 3.93. The molecule has 2 N–H and O–H groups in total. The van der Waals surface area contributed by atoms with Gasteiger partial charge in [0.15, 0.2) is 11.5 Å². The lowest BCUT2D eigenvalue weighted by atomic mass is 10.1. The van der Waals surface area contributed by atoms with Crippen LogP contribution in [0.4, 0.5) is 5.69 Å². The average Bonchev–Trinajstić information content (AvgIpc) is 3.16. The molecule has 2 aliphatic heterocycles. The first-order chi connectivity index (χ1) is 11.8. The molecule has 0 saturated carbocycles. The van der Waals surface area contributed by atoms with E-state index >= 15 is 0 Å². The van der Waals surface area contributed by atoms with Crippen molar-refractivity contribution in [1.29, 1.82) is 0 Å². The molecule has 3 heterocycles. The third-order valence-corrected chi connectivity index (χ3v) is 4.23. The number of H-pyrrole nitrogens is 1. The van der Waals surface area contributed by atoms with Crippen LogP contribution in [0.2, 0.25) is 0 Å². The van der Waals surface area contributed by atoms with E-state index in [2.05, 4.69) is 15.3 Å². The normalized spacial score (nSPS) is 15.7. The summed E-state index contributed by atoms with van der Waals surface area (Å²) in [6.45, 7) is 0.309. The van der Waals surface area contributed by atoms with Crippen LogP contribution >= 0.6 is 0 Å². The number of aromatic nitrogens is 1. The van der Waals surface area contributed by atoms with E-state index in [1.807, 2.05) is 42.5 Å². The molecule has 118 valence electrons. The number of nitrogens with zero attached hydrogens (tertiary/aromatic N) is 1. The molecule has 0 radical (unpaired) electrons. The highest BCUT2D eigenvalue weighted by Gasteiger charge is 2.24. The fourth-order valence-corrected chi connectivity index (χ4v) is 3.14. The second-order valence-electron chi connectivity index (χ2n) is 5.70. The number of carbonyl (C=O) groups is 1. The quantitative estimate of drug-likeness (QED) is 0.724. The molecule has 0 fully saturated rings. The number of hydrogen-bond donors (Lipinski definition) is 2. The van der Waals surface area contributed by atoms with Gasteiger partial charge in [0.1, 0.15) is 6.54 Å². The van der Waals surface area contributed by atoms with Gasteiger partial charge < -0.3 is 19.8 Å². The summed E-state index contributed by atoms with van der Waals surface area (Å²) in [6.07, 6.45) is 0. The molecule has 1 aromatic heterocycles. The molecular formula is C18H13N3O3. The number of nitrogens with one attached hydrogen (secondary N) is 2. The zero-order valence-electron chi connectivity index (χ0n) is 12.6. The van der Waals surface area contributed by atoms with Crippen molar-refractivity contribution in [2.24, 2.45) is 4.99 Å². The summed E-state index contributed by atoms with van der Waals surface area (Å²) in [5.74, 6) is 1.28. The zero-order valence-corrected chi connectivity index (χ0v) is 12.6. The summed E-state index contributed by atoms with van der Waals surface area (Å²) < 4.78 is 10.8. The Balaban J connectivity index is 1.73. The number of benzene rings is 2. The number of aromatic amines is 1. The molecule has 0 saturated heterocycles. The summed E-state index contributed by atoms with van der Waals surface area (Å²) in [7, 11) is 0. The Morgan fingerprint density at radius 3 is 2.88 bits per heavy atom. The van der Waals surface area contributed by atoms with Crippen molar-refractivity contribution < 1.29 is 14.3 Å². The van der Waals surface area contributed by atoms with Crippen LogP contribution in [0.15, 0.2) is 47.5 Å². The molecule has 0 aliphatic carbocycles. The van der Waals surface area contributed by atoms with Gasteiger partial charge >= 0.3 is 0 Å². The van der Waals surface area contributed by atoms with Crippen molar-refractivity contribution in [2.75, 3.05) is 18.7 Å². The highest BCUT2D eigenvalue weighted by atomic mass is 16.7. The predicted octanol–water partition coefficient (Wildman–Crippen LogP) is 2.69. The maximum Gasteiger partial charge on any atom is 0.246 e. The van der Waals surface area contributed by atoms with Gasteiger partial charge in [0.05, 0.1) is 17.1 Å². The van der Waals surface area contributed by atoms with Gasteiger partial charge in [0.2, 0.25) is 12.7 Å². The predicted molar refractivity (Wildman–Crippen MR) is 90.0 cm³/mol. The van der Waals surface area contributed by atoms with Crippen molar-refractivity contribution in [3.63, 3.8) is 0 Å². The van der Waals surface area contributed by atoms with E-state index in [0.717, 1.165) is 39.3 Å². The van der Waals surface area contributed by atoms with Crippen LogP contribution in [0.3, 0.4) is 0 Å². The number of aliphatic imine (C=N–C) groups is 1. The van der Waals surface area contributed by atoms with Crippen molar-refractivity contribution in [2.45, 2.75) is 0 Å². The average molecular weight is 319 g/mol. The molecule has 0 bridgehead atoms. The van der Waals surface area contributed by atoms with E-state index in [-0.39, 0.29) is 19.2 Å². The summed E-state index contributed by atoms with van der Waals surface area (Å²) >= 11 is 0. The topological polar surface area (TPSA) is 75.7 Å². The van der Waals surface area contributed by atoms with E-state index in [1.165, 1.54) is 0 Å². The van der Waals surface area contributed by atoms with Crippen LogP contribution in [0.1, 0.15) is 11.3 Å². The third kappa shape index (κ3) is 1.89. The van der Waals surface area contributed by atoms with Crippen LogP contribution in [-0.2, 0) is 4.79 Å². The van der Waals surface area contributed by atoms with Crippen LogP contribution in [0.25, 0.3) is 10.9 Å². The van der Waals surface area contributed by atoms with E-state index in [0.29, 0.717) is 5.75 Å². The highest BCUT2D eigenvalue weighted by Crippen LogP contribution is 2.35. The van der Waals surface area contributed by atoms with Crippen molar-refractivity contribution in [3.05, 3.63) is 53.7 Å². The Hall–Kier alpha value is -3.28. The molecule has 3 aromatic rings. The van der Waals surface area contributed by atoms with Crippen LogP contribution < -0.4 is 14.8 Å². The van der Waals surface area contributed by atoms with Gasteiger partial charge in [0.25, 0.3) is 0 Å². The highest BCUT2D eigenvalue weighted by molar-refractivity contribution is 6.22. The molecule has 6 nitrogen and oxygen atoms in total. The molecule has 6 heteroatoms. The number of rotatable bonds is 1. The number of para-hydroxylation sites is 1. The number of hydrogen-bond acceptors (Lipinski definition) is 4. The Labute approximate surface area is 137 Å². The summed E-state index contributed by atoms with van der Waals surface area (Å²) in [4.78, 5) is 20.0. The van der Waals surface area contributed by atoms with Gasteiger partial charge in [-0.1, -0.05) is 18.2 Å². The van der Waals surface area contributed by atoms with Gasteiger partial charge in [0, 0.05) is 16.5 Å². The number of ether oxygens (including phenoxy) is 2. The van der Waals surface area contributed by atoms with Crippen LogP contribution in [0.5, 0.6) is 11.5 Å². The number of anilines is 1. The molecular weight excluding hydrogens is 306 g/mol. The third-order valence-electron chi connectivity index (χ3n) is 4.23. The fraction of sp³-hybridized carbons (Fsp3) is 0.111. The van der Waals surface area contributed by atoms with Crippen molar-refractivity contribution >= 4 is 28.2 Å². The second-order valence-corrected chi connectivity index (χ2v) is 5.70. The Kier molecular flexibility index (Phi) is 2.67. The zero-order chi connectivity index (χ0) is 16.1. The van der Waals surface area contributed by atoms with Gasteiger partial charge in [-0.15, -0.1) is 0 Å². The monoisotopic (exact) mass is 319 g/mol. The number of carbonyl (C=O) groups excluding carboxylic acids is 1. The first-order valence-electron chi connectivity index (χ1n) is 7.65. The lowest BCUT2D eigenvalue weighted by Gasteiger charge is -2.06. The van der Waals surface area contributed by atoms with Crippen molar-refractivity contribution in [1.82, 2.24) is 4.98 Å². The van der Waals surface area contributed by atoms with E-state index < -0.39 is 0 Å². The smallest absolute Gasteiger partial charge is 0.246 e. The Morgan fingerprint density at radius 1 is 1.04 bits per heavy atom. The SMILES string of the molecule is O=C1CN=C(c2ccc3c(c2)OCO3)c2[nH]c3ccccc3c2N1. The Bertz CT molecular complexity index is 1020. The van der Waals surface area contributed by atoms with Gasteiger partial charge in [-0.05, 0) is 24.3 Å². The molecule has 0 atom stereocenters. The standard InChI is InChI=1S/C18H13N3O3/c22-15-8-19-16(10-5-6-13-14(7-10)24-9-23-13)18-17(21-15)11-3-1-2-4-12(11)20-18/h1-7,20H,8-9H2,(H,21,22). The minimum atomic E-state index is -0.128. The first kappa shape index (κ1) is 13.2. The number of fused-ring (bicyclic) bond motifs is 4. The minimum Gasteiger partial charge on any atom is -0.454 e. The van der Waals surface area contributed by atoms with E-state index in [9.17, 15) is 4.79 Å². The molecule has 0 unspecified atom stereocenters. The largest absolute Gasteiger partial charge is 0.454 e. The number of amides is 1. The molecule has 24 heavy (non-hydrogen) atoms. The van der Waals surface area contributed by atoms with Gasteiger partial charge in [-0.2, -0.15) is 0 Å². The van der Waals surface area contributed by atoms with E-state index in [4.69, 9.17) is 9.47 Å². The molecule has 0 spiro atoms. The Morgan fingerprint density at radius 2 is 1.92 bits per heavy atom. The van der Waals surface area contributed by atoms with Crippen LogP contribution in [-0.4, -0.2) is 29.9 Å². The lowest BCUT2D eigenvalue weighted by molar-refractivity contribution is -0.114.